The van der Waals surface area contributed by atoms with E-state index < -0.39 is 6.10 Å². The Morgan fingerprint density at radius 3 is 2.59 bits per heavy atom. The first kappa shape index (κ1) is 14.0. The van der Waals surface area contributed by atoms with Gasteiger partial charge in [-0.25, -0.2) is 0 Å². The van der Waals surface area contributed by atoms with Crippen molar-refractivity contribution in [3.8, 4) is 5.75 Å². The molecule has 0 aliphatic heterocycles. The molecule has 17 heavy (non-hydrogen) atoms. The maximum atomic E-state index is 9.85. The third-order valence-electron chi connectivity index (χ3n) is 2.67. The highest BCUT2D eigenvalue weighted by Crippen LogP contribution is 2.26. The first-order chi connectivity index (χ1) is 8.29. The fraction of sp³-hybridized carbons (Fsp3) is 0.571. The zero-order valence-electron chi connectivity index (χ0n) is 10.7. The Hall–Kier alpha value is -1.06. The van der Waals surface area contributed by atoms with Gasteiger partial charge in [0, 0.05) is 19.3 Å². The quantitative estimate of drug-likeness (QED) is 0.708. The van der Waals surface area contributed by atoms with Crippen LogP contribution in [-0.2, 0) is 4.74 Å². The van der Waals surface area contributed by atoms with E-state index in [0.717, 1.165) is 30.8 Å². The highest BCUT2D eigenvalue weighted by atomic mass is 16.5. The summed E-state index contributed by atoms with van der Waals surface area (Å²) >= 11 is 0. The van der Waals surface area contributed by atoms with E-state index in [1.807, 2.05) is 31.2 Å². The summed E-state index contributed by atoms with van der Waals surface area (Å²) in [6.07, 6.45) is 2.22. The highest BCUT2D eigenvalue weighted by Gasteiger charge is 2.10. The molecule has 1 N–H and O–H groups in total. The molecule has 0 heterocycles. The summed E-state index contributed by atoms with van der Waals surface area (Å²) in [5, 5.41) is 9.85. The van der Waals surface area contributed by atoms with Crippen molar-refractivity contribution < 1.29 is 14.6 Å². The molecule has 0 unspecified atom stereocenters. The predicted molar refractivity (Wildman–Crippen MR) is 68.3 cm³/mol. The van der Waals surface area contributed by atoms with Crippen LogP contribution < -0.4 is 4.74 Å². The number of aliphatic hydroxyl groups excluding tert-OH is 1. The van der Waals surface area contributed by atoms with Crippen molar-refractivity contribution in [2.75, 3.05) is 20.3 Å². The van der Waals surface area contributed by atoms with Crippen LogP contribution in [0.3, 0.4) is 0 Å². The van der Waals surface area contributed by atoms with E-state index in [-0.39, 0.29) is 0 Å². The van der Waals surface area contributed by atoms with E-state index in [1.54, 1.807) is 7.11 Å². The summed E-state index contributed by atoms with van der Waals surface area (Å²) in [5.41, 5.74) is 0.877. The SMILES string of the molecule is CC[C@@H](O)c1ccccc1OCCCCOC. The van der Waals surface area contributed by atoms with E-state index >= 15 is 0 Å². The number of hydrogen-bond donors (Lipinski definition) is 1. The van der Waals surface area contributed by atoms with Gasteiger partial charge in [-0.3, -0.25) is 0 Å². The second-order valence-corrected chi connectivity index (χ2v) is 4.01. The van der Waals surface area contributed by atoms with Crippen molar-refractivity contribution in [3.63, 3.8) is 0 Å². The first-order valence-corrected chi connectivity index (χ1v) is 6.18. The maximum Gasteiger partial charge on any atom is 0.125 e. The molecule has 3 nitrogen and oxygen atoms in total. The van der Waals surface area contributed by atoms with E-state index in [2.05, 4.69) is 0 Å². The van der Waals surface area contributed by atoms with Gasteiger partial charge in [0.2, 0.25) is 0 Å². The van der Waals surface area contributed by atoms with Crippen molar-refractivity contribution in [1.82, 2.24) is 0 Å². The van der Waals surface area contributed by atoms with Crippen molar-refractivity contribution >= 4 is 0 Å². The minimum absolute atomic E-state index is 0.440. The smallest absolute Gasteiger partial charge is 0.125 e. The predicted octanol–water partition coefficient (Wildman–Crippen LogP) is 2.94. The number of hydrogen-bond acceptors (Lipinski definition) is 3. The third-order valence-corrected chi connectivity index (χ3v) is 2.67. The molecule has 3 heteroatoms. The highest BCUT2D eigenvalue weighted by molar-refractivity contribution is 5.34. The molecule has 0 saturated heterocycles. The van der Waals surface area contributed by atoms with Crippen LogP contribution in [-0.4, -0.2) is 25.4 Å². The topological polar surface area (TPSA) is 38.7 Å². The van der Waals surface area contributed by atoms with Gasteiger partial charge < -0.3 is 14.6 Å². The normalized spacial score (nSPS) is 12.4. The van der Waals surface area contributed by atoms with Crippen LogP contribution in [0, 0.1) is 0 Å². The van der Waals surface area contributed by atoms with Gasteiger partial charge in [-0.15, -0.1) is 0 Å². The van der Waals surface area contributed by atoms with Gasteiger partial charge in [-0.2, -0.15) is 0 Å². The Morgan fingerprint density at radius 1 is 1.18 bits per heavy atom. The lowest BCUT2D eigenvalue weighted by Crippen LogP contribution is -2.04. The van der Waals surface area contributed by atoms with E-state index in [1.165, 1.54) is 0 Å². The number of aliphatic hydroxyl groups is 1. The molecule has 0 amide bonds. The molecule has 0 aliphatic carbocycles. The van der Waals surface area contributed by atoms with Crippen LogP contribution in [0.4, 0.5) is 0 Å². The monoisotopic (exact) mass is 238 g/mol. The zero-order chi connectivity index (χ0) is 12.5. The maximum absolute atomic E-state index is 9.85. The van der Waals surface area contributed by atoms with Gasteiger partial charge in [0.1, 0.15) is 5.75 Å². The van der Waals surface area contributed by atoms with Gasteiger partial charge in [-0.1, -0.05) is 25.1 Å². The lowest BCUT2D eigenvalue weighted by atomic mass is 10.1. The number of methoxy groups -OCH3 is 1. The summed E-state index contributed by atoms with van der Waals surface area (Å²) in [5.74, 6) is 0.791. The minimum Gasteiger partial charge on any atom is -0.493 e. The van der Waals surface area contributed by atoms with Gasteiger partial charge in [0.05, 0.1) is 12.7 Å². The molecular formula is C14H22O3. The Bertz CT molecular complexity index is 312. The molecule has 0 bridgehead atoms. The van der Waals surface area contributed by atoms with E-state index in [4.69, 9.17) is 9.47 Å². The van der Waals surface area contributed by atoms with Crippen molar-refractivity contribution in [2.45, 2.75) is 32.3 Å². The summed E-state index contributed by atoms with van der Waals surface area (Å²) in [4.78, 5) is 0. The molecule has 0 radical (unpaired) electrons. The lowest BCUT2D eigenvalue weighted by molar-refractivity contribution is 0.164. The van der Waals surface area contributed by atoms with Crippen molar-refractivity contribution in [1.29, 1.82) is 0 Å². The molecule has 0 saturated carbocycles. The number of para-hydroxylation sites is 1. The Labute approximate surface area is 103 Å². The Morgan fingerprint density at radius 2 is 1.88 bits per heavy atom. The van der Waals surface area contributed by atoms with Crippen LogP contribution in [0.25, 0.3) is 0 Å². The summed E-state index contributed by atoms with van der Waals surface area (Å²) in [6, 6.07) is 7.67. The molecule has 1 aromatic rings. The van der Waals surface area contributed by atoms with Crippen molar-refractivity contribution in [3.05, 3.63) is 29.8 Å². The molecule has 96 valence electrons. The van der Waals surface area contributed by atoms with Crippen LogP contribution in [0.5, 0.6) is 5.75 Å². The van der Waals surface area contributed by atoms with Crippen LogP contribution in [0.2, 0.25) is 0 Å². The molecule has 1 aromatic carbocycles. The number of unbranched alkanes of at least 4 members (excludes halogenated alkanes) is 1. The summed E-state index contributed by atoms with van der Waals surface area (Å²) in [7, 11) is 1.70. The van der Waals surface area contributed by atoms with Gasteiger partial charge in [-0.05, 0) is 25.3 Å². The second-order valence-electron chi connectivity index (χ2n) is 4.01. The average molecular weight is 238 g/mol. The zero-order valence-corrected chi connectivity index (χ0v) is 10.7. The number of ether oxygens (including phenoxy) is 2. The minimum atomic E-state index is -0.440. The van der Waals surface area contributed by atoms with Crippen LogP contribution in [0.1, 0.15) is 37.9 Å². The largest absolute Gasteiger partial charge is 0.493 e. The molecule has 0 spiro atoms. The van der Waals surface area contributed by atoms with E-state index in [9.17, 15) is 5.11 Å². The van der Waals surface area contributed by atoms with Crippen LogP contribution >= 0.6 is 0 Å². The molecule has 0 fully saturated rings. The fourth-order valence-corrected chi connectivity index (χ4v) is 1.64. The molecular weight excluding hydrogens is 216 g/mol. The van der Waals surface area contributed by atoms with Crippen molar-refractivity contribution in [2.24, 2.45) is 0 Å². The lowest BCUT2D eigenvalue weighted by Gasteiger charge is -2.14. The Kier molecular flexibility index (Phi) is 6.67. The standard InChI is InChI=1S/C14H22O3/c1-3-13(15)12-8-4-5-9-14(12)17-11-7-6-10-16-2/h4-5,8-9,13,15H,3,6-7,10-11H2,1-2H3/t13-/m1/s1. The van der Waals surface area contributed by atoms with Crippen LogP contribution in [0.15, 0.2) is 24.3 Å². The molecule has 0 aromatic heterocycles. The first-order valence-electron chi connectivity index (χ1n) is 6.18. The van der Waals surface area contributed by atoms with Gasteiger partial charge in [0.25, 0.3) is 0 Å². The second kappa shape index (κ2) is 8.09. The number of rotatable bonds is 8. The van der Waals surface area contributed by atoms with Gasteiger partial charge in [0.15, 0.2) is 0 Å². The number of benzene rings is 1. The molecule has 0 aliphatic rings. The molecule has 1 rings (SSSR count). The van der Waals surface area contributed by atoms with Gasteiger partial charge >= 0.3 is 0 Å². The van der Waals surface area contributed by atoms with E-state index in [0.29, 0.717) is 13.0 Å². The Balaban J connectivity index is 2.46. The molecule has 1 atom stereocenters. The summed E-state index contributed by atoms with van der Waals surface area (Å²) < 4.78 is 10.7. The average Bonchev–Trinajstić information content (AvgIpc) is 2.38. The summed E-state index contributed by atoms with van der Waals surface area (Å²) in [6.45, 7) is 3.39. The fourth-order valence-electron chi connectivity index (χ4n) is 1.64. The third kappa shape index (κ3) is 4.75.